The molecule has 0 atom stereocenters. The zero-order valence-electron chi connectivity index (χ0n) is 13.7. The van der Waals surface area contributed by atoms with E-state index in [1.54, 1.807) is 5.46 Å². The van der Waals surface area contributed by atoms with Gasteiger partial charge in [0.2, 0.25) is 0 Å². The molecular weight excluding hydrogens is 282 g/mol. The zero-order valence-corrected chi connectivity index (χ0v) is 14.7. The highest BCUT2D eigenvalue weighted by atomic mass is 31.1. The molecular formula is C20H24BP. The molecule has 22 heavy (non-hydrogen) atoms. The molecule has 0 N–H and O–H groups in total. The van der Waals surface area contributed by atoms with Crippen molar-refractivity contribution in [3.63, 3.8) is 0 Å². The summed E-state index contributed by atoms with van der Waals surface area (Å²) in [6, 6.07) is 33.1. The molecule has 0 heterocycles. The Morgan fingerprint density at radius 2 is 0.909 bits per heavy atom. The molecule has 0 aromatic heterocycles. The minimum Gasteiger partial charge on any atom is -0.172 e. The molecule has 0 aliphatic rings. The van der Waals surface area contributed by atoms with Gasteiger partial charge in [-0.15, -0.1) is 0 Å². The molecule has 3 rings (SSSR count). The molecule has 0 saturated heterocycles. The van der Waals surface area contributed by atoms with Crippen LogP contribution in [0.5, 0.6) is 0 Å². The molecule has 0 nitrogen and oxygen atoms in total. The van der Waals surface area contributed by atoms with E-state index in [1.165, 1.54) is 10.6 Å². The summed E-state index contributed by atoms with van der Waals surface area (Å²) in [6.45, 7) is 3.85. The highest BCUT2D eigenvalue weighted by Crippen LogP contribution is 2.30. The average Bonchev–Trinajstić information content (AvgIpc) is 2.64. The molecule has 0 unspecified atom stereocenters. The maximum absolute atomic E-state index is 2.30. The van der Waals surface area contributed by atoms with Crippen LogP contribution in [0.1, 0.15) is 13.8 Å². The second-order valence-electron chi connectivity index (χ2n) is 5.26. The maximum atomic E-state index is 2.30. The third-order valence-corrected chi connectivity index (χ3v) is 7.37. The van der Waals surface area contributed by atoms with Gasteiger partial charge in [0.15, 0.2) is 7.00 Å². The average molecular weight is 306 g/mol. The molecule has 0 bridgehead atoms. The van der Waals surface area contributed by atoms with Gasteiger partial charge in [-0.2, -0.15) is 5.46 Å². The van der Waals surface area contributed by atoms with E-state index in [-0.39, 0.29) is 7.00 Å². The Kier molecular flexibility index (Phi) is 6.93. The Morgan fingerprint density at radius 3 is 1.32 bits per heavy atom. The van der Waals surface area contributed by atoms with Crippen LogP contribution in [0, 0.1) is 0 Å². The van der Waals surface area contributed by atoms with Crippen molar-refractivity contribution in [2.24, 2.45) is 0 Å². The monoisotopic (exact) mass is 306 g/mol. The second-order valence-corrected chi connectivity index (χ2v) is 8.17. The van der Waals surface area contributed by atoms with Crippen LogP contribution in [0.2, 0.25) is 0 Å². The first-order valence-corrected chi connectivity index (χ1v) is 10.2. The zero-order chi connectivity index (χ0) is 15.6. The minimum atomic E-state index is -0.627. The molecule has 3 aromatic rings. The van der Waals surface area contributed by atoms with E-state index in [2.05, 4.69) is 91.0 Å². The predicted molar refractivity (Wildman–Crippen MR) is 106 cm³/mol. The van der Waals surface area contributed by atoms with Crippen LogP contribution in [-0.2, 0) is 0 Å². The van der Waals surface area contributed by atoms with Crippen LogP contribution in [0.25, 0.3) is 0 Å². The Hall–Kier alpha value is -1.85. The molecule has 0 amide bonds. The van der Waals surface area contributed by atoms with Crippen molar-refractivity contribution < 1.29 is 0 Å². The van der Waals surface area contributed by atoms with Gasteiger partial charge < -0.3 is 0 Å². The fourth-order valence-corrected chi connectivity index (χ4v) is 6.03. The summed E-state index contributed by atoms with van der Waals surface area (Å²) in [7, 11) is -0.627. The minimum absolute atomic E-state index is 0.149. The SMILES string of the molecule is CC.[BH2-](c1ccccc1)[PH+](c1ccccc1)c1ccccc1. The first kappa shape index (κ1) is 16.5. The molecule has 3 aromatic carbocycles. The van der Waals surface area contributed by atoms with Gasteiger partial charge in [0.05, 0.1) is 10.6 Å². The normalized spacial score (nSPS) is 9.95. The van der Waals surface area contributed by atoms with E-state index >= 15 is 0 Å². The second kappa shape index (κ2) is 9.23. The molecule has 0 aliphatic carbocycles. The van der Waals surface area contributed by atoms with Gasteiger partial charge in [0, 0.05) is 0 Å². The Morgan fingerprint density at radius 1 is 0.545 bits per heavy atom. The first-order chi connectivity index (χ1) is 10.9. The summed E-state index contributed by atoms with van der Waals surface area (Å²) >= 11 is 0. The van der Waals surface area contributed by atoms with Gasteiger partial charge in [-0.25, -0.2) is 0 Å². The summed E-state index contributed by atoms with van der Waals surface area (Å²) in [6.07, 6.45) is 0. The summed E-state index contributed by atoms with van der Waals surface area (Å²) < 4.78 is 0. The van der Waals surface area contributed by atoms with Gasteiger partial charge in [-0.3, -0.25) is 0 Å². The highest BCUT2D eigenvalue weighted by Gasteiger charge is 2.16. The number of hydrogen-bond acceptors (Lipinski definition) is 0. The summed E-state index contributed by atoms with van der Waals surface area (Å²) in [5.74, 6) is 0. The molecule has 0 aliphatic heterocycles. The summed E-state index contributed by atoms with van der Waals surface area (Å²) in [5, 5.41) is 3.07. The smallest absolute Gasteiger partial charge is 0.172 e. The van der Waals surface area contributed by atoms with E-state index in [4.69, 9.17) is 0 Å². The molecule has 0 radical (unpaired) electrons. The predicted octanol–water partition coefficient (Wildman–Crippen LogP) is 3.29. The molecule has 0 spiro atoms. The fraction of sp³-hybridized carbons (Fsp3) is 0.100. The van der Waals surface area contributed by atoms with Crippen molar-refractivity contribution in [2.75, 3.05) is 0 Å². The lowest BCUT2D eigenvalue weighted by atomic mass is 9.95. The lowest BCUT2D eigenvalue weighted by Gasteiger charge is -2.17. The van der Waals surface area contributed by atoms with Crippen LogP contribution in [0.4, 0.5) is 0 Å². The van der Waals surface area contributed by atoms with Crippen molar-refractivity contribution in [2.45, 2.75) is 13.8 Å². The maximum Gasteiger partial charge on any atom is 0.175 e. The van der Waals surface area contributed by atoms with E-state index < -0.39 is 7.80 Å². The van der Waals surface area contributed by atoms with Gasteiger partial charge in [0.1, 0.15) is 0 Å². The van der Waals surface area contributed by atoms with Gasteiger partial charge >= 0.3 is 0 Å². The Labute approximate surface area is 136 Å². The van der Waals surface area contributed by atoms with Crippen molar-refractivity contribution in [1.82, 2.24) is 0 Å². The third kappa shape index (κ3) is 4.58. The number of rotatable bonds is 4. The lowest BCUT2D eigenvalue weighted by Crippen LogP contribution is -2.23. The van der Waals surface area contributed by atoms with E-state index in [1.807, 2.05) is 13.8 Å². The van der Waals surface area contributed by atoms with Crippen molar-refractivity contribution in [3.05, 3.63) is 91.0 Å². The molecule has 2 heteroatoms. The quantitative estimate of drug-likeness (QED) is 0.512. The van der Waals surface area contributed by atoms with Crippen LogP contribution in [-0.4, -0.2) is 7.00 Å². The summed E-state index contributed by atoms with van der Waals surface area (Å²) in [5.41, 5.74) is 1.55. The van der Waals surface area contributed by atoms with Gasteiger partial charge in [0.25, 0.3) is 0 Å². The van der Waals surface area contributed by atoms with Crippen LogP contribution in [0.15, 0.2) is 91.0 Å². The number of hydrogen-bond donors (Lipinski definition) is 0. The first-order valence-electron chi connectivity index (χ1n) is 8.23. The molecule has 112 valence electrons. The Bertz CT molecular complexity index is 599. The lowest BCUT2D eigenvalue weighted by molar-refractivity contribution is 1.50. The summed E-state index contributed by atoms with van der Waals surface area (Å²) in [4.78, 5) is 0. The Balaban J connectivity index is 0.000000847. The van der Waals surface area contributed by atoms with E-state index in [0.717, 1.165) is 0 Å². The van der Waals surface area contributed by atoms with Crippen LogP contribution in [0.3, 0.4) is 0 Å². The third-order valence-electron chi connectivity index (χ3n) is 3.89. The topological polar surface area (TPSA) is 0 Å². The van der Waals surface area contributed by atoms with E-state index in [0.29, 0.717) is 0 Å². The number of benzene rings is 3. The molecule has 0 saturated carbocycles. The van der Waals surface area contributed by atoms with Crippen LogP contribution < -0.4 is 16.1 Å². The van der Waals surface area contributed by atoms with Gasteiger partial charge in [-0.05, 0) is 24.3 Å². The molecule has 0 fully saturated rings. The fourth-order valence-electron chi connectivity index (χ4n) is 2.82. The van der Waals surface area contributed by atoms with Gasteiger partial charge in [-0.1, -0.05) is 88.4 Å². The van der Waals surface area contributed by atoms with E-state index in [9.17, 15) is 0 Å². The standard InChI is InChI=1S/C18H18BP.C2H6/c1-4-10-16(11-5-1)19-20(17-12-6-2-7-13-17)18-14-8-3-9-15-18;1-2/h1-15,20H,19H2;1-2H3. The van der Waals surface area contributed by atoms with Crippen molar-refractivity contribution in [1.29, 1.82) is 0 Å². The largest absolute Gasteiger partial charge is 0.175 e. The highest BCUT2D eigenvalue weighted by molar-refractivity contribution is 7.98. The van der Waals surface area contributed by atoms with Crippen LogP contribution >= 0.6 is 7.80 Å². The van der Waals surface area contributed by atoms with Crippen molar-refractivity contribution >= 4 is 30.9 Å². The van der Waals surface area contributed by atoms with Crippen molar-refractivity contribution in [3.8, 4) is 0 Å².